The van der Waals surface area contributed by atoms with Crippen LogP contribution < -0.4 is 5.73 Å². The van der Waals surface area contributed by atoms with Crippen LogP contribution >= 0.6 is 0 Å². The third-order valence-corrected chi connectivity index (χ3v) is 2.29. The predicted molar refractivity (Wildman–Crippen MR) is 43.4 cm³/mol. The van der Waals surface area contributed by atoms with Gasteiger partial charge in [0, 0.05) is 18.9 Å². The Kier molecular flexibility index (Phi) is 1.60. The molecule has 0 saturated heterocycles. The number of rotatable bonds is 1. The molecule has 4 nitrogen and oxygen atoms in total. The zero-order valence-electron chi connectivity index (χ0n) is 6.73. The Labute approximate surface area is 70.4 Å². The lowest BCUT2D eigenvalue weighted by molar-refractivity contribution is -0.120. The van der Waals surface area contributed by atoms with E-state index in [4.69, 9.17) is 5.73 Å². The molecule has 0 unspecified atom stereocenters. The fraction of sp³-hybridized carbons (Fsp3) is 0.500. The van der Waals surface area contributed by atoms with Gasteiger partial charge in [0.15, 0.2) is 0 Å². The Bertz CT molecular complexity index is 305. The average Bonchev–Trinajstić information content (AvgIpc) is 2.49. The number of hydrogen-bond donors (Lipinski definition) is 1. The SMILES string of the molecule is NC(=O)[C@@H]1CCCn2ccnc21. The van der Waals surface area contributed by atoms with E-state index in [1.54, 1.807) is 6.20 Å². The van der Waals surface area contributed by atoms with E-state index in [0.717, 1.165) is 25.2 Å². The van der Waals surface area contributed by atoms with Crippen LogP contribution in [0.5, 0.6) is 0 Å². The van der Waals surface area contributed by atoms with Crippen LogP contribution in [0, 0.1) is 0 Å². The molecule has 0 saturated carbocycles. The fourth-order valence-electron chi connectivity index (χ4n) is 1.68. The predicted octanol–water partition coefficient (Wildman–Crippen LogP) is 0.246. The highest BCUT2D eigenvalue weighted by atomic mass is 16.1. The Hall–Kier alpha value is -1.32. The lowest BCUT2D eigenvalue weighted by Crippen LogP contribution is -2.27. The van der Waals surface area contributed by atoms with E-state index >= 15 is 0 Å². The summed E-state index contributed by atoms with van der Waals surface area (Å²) < 4.78 is 2.00. The first-order valence-electron chi connectivity index (χ1n) is 4.09. The van der Waals surface area contributed by atoms with Gasteiger partial charge in [-0.3, -0.25) is 4.79 Å². The van der Waals surface area contributed by atoms with Crippen molar-refractivity contribution in [3.63, 3.8) is 0 Å². The summed E-state index contributed by atoms with van der Waals surface area (Å²) in [5, 5.41) is 0. The summed E-state index contributed by atoms with van der Waals surface area (Å²) in [6.45, 7) is 0.957. The Balaban J connectivity index is 2.37. The van der Waals surface area contributed by atoms with Gasteiger partial charge in [0.25, 0.3) is 0 Å². The molecule has 1 aromatic heterocycles. The van der Waals surface area contributed by atoms with E-state index in [1.165, 1.54) is 0 Å². The highest BCUT2D eigenvalue weighted by molar-refractivity contribution is 5.81. The molecule has 1 atom stereocenters. The number of aryl methyl sites for hydroxylation is 1. The Morgan fingerprint density at radius 2 is 2.58 bits per heavy atom. The van der Waals surface area contributed by atoms with Crippen LogP contribution in [0.3, 0.4) is 0 Å². The van der Waals surface area contributed by atoms with Crippen molar-refractivity contribution >= 4 is 5.91 Å². The summed E-state index contributed by atoms with van der Waals surface area (Å²) in [5.41, 5.74) is 5.25. The van der Waals surface area contributed by atoms with Crippen molar-refractivity contribution in [3.05, 3.63) is 18.2 Å². The number of aromatic nitrogens is 2. The molecule has 0 spiro atoms. The maximum Gasteiger partial charge on any atom is 0.228 e. The van der Waals surface area contributed by atoms with Crippen molar-refractivity contribution in [2.75, 3.05) is 0 Å². The molecule has 2 N–H and O–H groups in total. The van der Waals surface area contributed by atoms with Gasteiger partial charge in [-0.1, -0.05) is 0 Å². The molecule has 1 aliphatic rings. The molecule has 0 fully saturated rings. The van der Waals surface area contributed by atoms with E-state index < -0.39 is 0 Å². The minimum Gasteiger partial charge on any atom is -0.369 e. The van der Waals surface area contributed by atoms with Crippen LogP contribution in [0.2, 0.25) is 0 Å². The van der Waals surface area contributed by atoms with E-state index in [1.807, 2.05) is 10.8 Å². The van der Waals surface area contributed by atoms with Gasteiger partial charge in [-0.05, 0) is 12.8 Å². The summed E-state index contributed by atoms with van der Waals surface area (Å²) in [5.74, 6) is 0.393. The second kappa shape index (κ2) is 2.62. The summed E-state index contributed by atoms with van der Waals surface area (Å²) in [7, 11) is 0. The molecule has 1 aromatic rings. The second-order valence-electron chi connectivity index (χ2n) is 3.08. The number of fused-ring (bicyclic) bond motifs is 1. The summed E-state index contributed by atoms with van der Waals surface area (Å²) >= 11 is 0. The van der Waals surface area contributed by atoms with Gasteiger partial charge in [0.1, 0.15) is 5.82 Å². The van der Waals surface area contributed by atoms with Gasteiger partial charge in [0.2, 0.25) is 5.91 Å². The van der Waals surface area contributed by atoms with E-state index in [9.17, 15) is 4.79 Å². The third kappa shape index (κ3) is 0.995. The standard InChI is InChI=1S/C8H11N3O/c9-7(12)6-2-1-4-11-5-3-10-8(6)11/h3,5-6H,1-2,4H2,(H2,9,12)/t6-/m0/s1. The highest BCUT2D eigenvalue weighted by Crippen LogP contribution is 2.24. The summed E-state index contributed by atoms with van der Waals surface area (Å²) in [4.78, 5) is 15.1. The smallest absolute Gasteiger partial charge is 0.228 e. The number of hydrogen-bond acceptors (Lipinski definition) is 2. The van der Waals surface area contributed by atoms with Gasteiger partial charge in [-0.2, -0.15) is 0 Å². The fourth-order valence-corrected chi connectivity index (χ4v) is 1.68. The maximum atomic E-state index is 11.0. The average molecular weight is 165 g/mol. The monoisotopic (exact) mass is 165 g/mol. The van der Waals surface area contributed by atoms with Crippen LogP contribution in [-0.2, 0) is 11.3 Å². The number of carbonyl (C=O) groups is 1. The van der Waals surface area contributed by atoms with Crippen LogP contribution in [0.15, 0.2) is 12.4 Å². The highest BCUT2D eigenvalue weighted by Gasteiger charge is 2.25. The van der Waals surface area contributed by atoms with E-state index in [2.05, 4.69) is 4.98 Å². The quantitative estimate of drug-likeness (QED) is 0.648. The molecular formula is C8H11N3O. The van der Waals surface area contributed by atoms with Gasteiger partial charge in [0.05, 0.1) is 5.92 Å². The molecule has 0 bridgehead atoms. The van der Waals surface area contributed by atoms with Crippen LogP contribution in [0.25, 0.3) is 0 Å². The van der Waals surface area contributed by atoms with Crippen LogP contribution in [0.4, 0.5) is 0 Å². The van der Waals surface area contributed by atoms with Crippen molar-refractivity contribution < 1.29 is 4.79 Å². The number of nitrogens with two attached hydrogens (primary N) is 1. The van der Waals surface area contributed by atoms with Crippen molar-refractivity contribution in [2.45, 2.75) is 25.3 Å². The Morgan fingerprint density at radius 3 is 3.33 bits per heavy atom. The number of imidazole rings is 1. The second-order valence-corrected chi connectivity index (χ2v) is 3.08. The first-order chi connectivity index (χ1) is 5.79. The molecule has 0 radical (unpaired) electrons. The van der Waals surface area contributed by atoms with E-state index in [-0.39, 0.29) is 11.8 Å². The molecule has 1 aliphatic heterocycles. The summed E-state index contributed by atoms with van der Waals surface area (Å²) in [6.07, 6.45) is 5.46. The normalized spacial score (nSPS) is 21.8. The molecule has 0 aliphatic carbocycles. The van der Waals surface area contributed by atoms with Gasteiger partial charge in [-0.25, -0.2) is 4.98 Å². The molecule has 0 aromatic carbocycles. The minimum absolute atomic E-state index is 0.172. The number of amides is 1. The first-order valence-corrected chi connectivity index (χ1v) is 4.09. The van der Waals surface area contributed by atoms with Gasteiger partial charge in [-0.15, -0.1) is 0 Å². The molecule has 2 heterocycles. The number of nitrogens with zero attached hydrogens (tertiary/aromatic N) is 2. The zero-order valence-corrected chi connectivity index (χ0v) is 6.73. The van der Waals surface area contributed by atoms with E-state index in [0.29, 0.717) is 0 Å². The summed E-state index contributed by atoms with van der Waals surface area (Å²) in [6, 6.07) is 0. The molecular weight excluding hydrogens is 154 g/mol. The Morgan fingerprint density at radius 1 is 1.75 bits per heavy atom. The largest absolute Gasteiger partial charge is 0.369 e. The topological polar surface area (TPSA) is 60.9 Å². The van der Waals surface area contributed by atoms with Crippen molar-refractivity contribution in [1.82, 2.24) is 9.55 Å². The molecule has 12 heavy (non-hydrogen) atoms. The van der Waals surface area contributed by atoms with Crippen LogP contribution in [-0.4, -0.2) is 15.5 Å². The van der Waals surface area contributed by atoms with Gasteiger partial charge < -0.3 is 10.3 Å². The van der Waals surface area contributed by atoms with Crippen molar-refractivity contribution in [3.8, 4) is 0 Å². The van der Waals surface area contributed by atoms with Crippen LogP contribution in [0.1, 0.15) is 24.6 Å². The number of carbonyl (C=O) groups excluding carboxylic acids is 1. The minimum atomic E-state index is -0.262. The molecule has 4 heteroatoms. The maximum absolute atomic E-state index is 11.0. The lowest BCUT2D eigenvalue weighted by atomic mass is 9.98. The lowest BCUT2D eigenvalue weighted by Gasteiger charge is -2.20. The third-order valence-electron chi connectivity index (χ3n) is 2.29. The molecule has 1 amide bonds. The molecule has 2 rings (SSSR count). The first kappa shape index (κ1) is 7.34. The molecule has 64 valence electrons. The van der Waals surface area contributed by atoms with Gasteiger partial charge >= 0.3 is 0 Å². The van der Waals surface area contributed by atoms with Crippen molar-refractivity contribution in [1.29, 1.82) is 0 Å². The number of primary amides is 1. The zero-order chi connectivity index (χ0) is 8.55. The van der Waals surface area contributed by atoms with Crippen molar-refractivity contribution in [2.24, 2.45) is 5.73 Å².